The van der Waals surface area contributed by atoms with Gasteiger partial charge in [0, 0.05) is 22.5 Å². The topological polar surface area (TPSA) is 63.2 Å². The van der Waals surface area contributed by atoms with Crippen LogP contribution in [0.3, 0.4) is 0 Å². The lowest BCUT2D eigenvalue weighted by Crippen LogP contribution is -1.95. The van der Waals surface area contributed by atoms with E-state index in [9.17, 15) is 4.57 Å². The summed E-state index contributed by atoms with van der Waals surface area (Å²) in [5.74, 6) is 2.14. The third-order valence-electron chi connectivity index (χ3n) is 3.55. The molecule has 6 nitrogen and oxygen atoms in total. The molecule has 0 amide bonds. The van der Waals surface area contributed by atoms with Crippen molar-refractivity contribution in [2.24, 2.45) is 0 Å². The second-order valence-electron chi connectivity index (χ2n) is 5.21. The number of rotatable bonds is 8. The first-order valence-electron chi connectivity index (χ1n) is 7.66. The largest absolute Gasteiger partial charge is 0.493 e. The summed E-state index contributed by atoms with van der Waals surface area (Å²) in [6.45, 7) is 0. The van der Waals surface area contributed by atoms with Crippen LogP contribution >= 0.6 is 28.6 Å². The Kier molecular flexibility index (Phi) is 7.31. The molecule has 0 aromatic heterocycles. The first-order valence-corrected chi connectivity index (χ1v) is 11.1. The Morgan fingerprint density at radius 3 is 1.74 bits per heavy atom. The molecule has 0 saturated heterocycles. The van der Waals surface area contributed by atoms with Gasteiger partial charge in [0.25, 0.3) is 0 Å². The summed E-state index contributed by atoms with van der Waals surface area (Å²) >= 11 is 11.0. The standard InChI is InChI=1S/C18H19Cl2O6P/c1-22-14-8-7-12(9-15(14)26-27(19,20)21)5-6-13-10-16(23-2)18(25-4)17(11-13)24-3/h5-11H,1-4H3. The second kappa shape index (κ2) is 9.27. The molecule has 0 bridgehead atoms. The normalized spacial score (nSPS) is 11.3. The van der Waals surface area contributed by atoms with E-state index in [1.807, 2.05) is 24.3 Å². The second-order valence-corrected chi connectivity index (χ2v) is 9.41. The highest BCUT2D eigenvalue weighted by atomic mass is 35.9. The lowest BCUT2D eigenvalue weighted by Gasteiger charge is -2.13. The summed E-state index contributed by atoms with van der Waals surface area (Å²) in [5.41, 5.74) is 1.57. The van der Waals surface area contributed by atoms with Crippen LogP contribution < -0.4 is 23.5 Å². The van der Waals surface area contributed by atoms with Crippen LogP contribution in [0.2, 0.25) is 0 Å². The minimum atomic E-state index is -3.76. The highest BCUT2D eigenvalue weighted by Crippen LogP contribution is 2.58. The Morgan fingerprint density at radius 1 is 0.741 bits per heavy atom. The van der Waals surface area contributed by atoms with E-state index >= 15 is 0 Å². The Balaban J connectivity index is 2.37. The molecule has 27 heavy (non-hydrogen) atoms. The van der Waals surface area contributed by atoms with E-state index in [1.165, 1.54) is 7.11 Å². The fraction of sp³-hybridized carbons (Fsp3) is 0.222. The van der Waals surface area contributed by atoms with E-state index < -0.39 is 6.07 Å². The molecular formula is C18H19Cl2O6P. The summed E-state index contributed by atoms with van der Waals surface area (Å²) in [7, 11) is 6.10. The molecule has 0 spiro atoms. The fourth-order valence-corrected chi connectivity index (χ4v) is 3.19. The van der Waals surface area contributed by atoms with Crippen LogP contribution in [-0.4, -0.2) is 28.4 Å². The maximum Gasteiger partial charge on any atom is 0.428 e. The Morgan fingerprint density at radius 2 is 1.26 bits per heavy atom. The molecule has 0 fully saturated rings. The molecule has 2 aromatic rings. The Hall–Kier alpha value is -2.01. The number of ether oxygens (including phenoxy) is 4. The van der Waals surface area contributed by atoms with Gasteiger partial charge in [-0.2, -0.15) is 0 Å². The van der Waals surface area contributed by atoms with Gasteiger partial charge in [-0.25, -0.2) is 4.57 Å². The SMILES string of the molecule is COc1ccc(C=Cc2cc(OC)c(OC)c(OC)c2)cc1OP(=O)(Cl)Cl. The van der Waals surface area contributed by atoms with Crippen molar-refractivity contribution in [3.05, 3.63) is 41.5 Å². The van der Waals surface area contributed by atoms with Crippen molar-refractivity contribution in [2.45, 2.75) is 0 Å². The zero-order valence-electron chi connectivity index (χ0n) is 15.2. The predicted molar refractivity (Wildman–Crippen MR) is 108 cm³/mol. The molecule has 2 aromatic carbocycles. The summed E-state index contributed by atoms with van der Waals surface area (Å²) in [6.07, 6.45) is -0.0976. The predicted octanol–water partition coefficient (Wildman–Crippen LogP) is 5.86. The smallest absolute Gasteiger partial charge is 0.428 e. The zero-order valence-corrected chi connectivity index (χ0v) is 17.6. The van der Waals surface area contributed by atoms with Crippen LogP contribution in [0.15, 0.2) is 30.3 Å². The fourth-order valence-electron chi connectivity index (χ4n) is 2.37. The lowest BCUT2D eigenvalue weighted by molar-refractivity contribution is 0.324. The highest BCUT2D eigenvalue weighted by Gasteiger charge is 2.19. The van der Waals surface area contributed by atoms with Gasteiger partial charge in [0.1, 0.15) is 0 Å². The Bertz CT molecular complexity index is 853. The summed E-state index contributed by atoms with van der Waals surface area (Å²) in [6, 6.07) is 8.70. The summed E-state index contributed by atoms with van der Waals surface area (Å²) < 4.78 is 37.8. The van der Waals surface area contributed by atoms with Crippen LogP contribution in [-0.2, 0) is 4.57 Å². The molecule has 0 aliphatic heterocycles. The number of benzene rings is 2. The molecule has 0 N–H and O–H groups in total. The van der Waals surface area contributed by atoms with E-state index in [-0.39, 0.29) is 5.75 Å². The van der Waals surface area contributed by atoms with Gasteiger partial charge >= 0.3 is 6.07 Å². The number of hydrogen-bond acceptors (Lipinski definition) is 6. The maximum absolute atomic E-state index is 11.5. The van der Waals surface area contributed by atoms with Gasteiger partial charge in [-0.05, 0) is 35.4 Å². The lowest BCUT2D eigenvalue weighted by atomic mass is 10.1. The molecular weight excluding hydrogens is 414 g/mol. The van der Waals surface area contributed by atoms with E-state index in [1.54, 1.807) is 39.5 Å². The monoisotopic (exact) mass is 432 g/mol. The third-order valence-corrected chi connectivity index (χ3v) is 4.37. The average Bonchev–Trinajstić information content (AvgIpc) is 2.64. The van der Waals surface area contributed by atoms with Crippen LogP contribution in [0.1, 0.15) is 11.1 Å². The van der Waals surface area contributed by atoms with Crippen molar-refractivity contribution >= 4 is 40.7 Å². The van der Waals surface area contributed by atoms with Crippen molar-refractivity contribution in [1.82, 2.24) is 0 Å². The van der Waals surface area contributed by atoms with Gasteiger partial charge in [-0.3, -0.25) is 0 Å². The molecule has 0 heterocycles. The van der Waals surface area contributed by atoms with Gasteiger partial charge in [-0.15, -0.1) is 0 Å². The van der Waals surface area contributed by atoms with E-state index in [0.717, 1.165) is 11.1 Å². The highest BCUT2D eigenvalue weighted by molar-refractivity contribution is 8.05. The molecule has 0 aliphatic rings. The first-order chi connectivity index (χ1) is 12.8. The van der Waals surface area contributed by atoms with Gasteiger partial charge in [0.2, 0.25) is 5.75 Å². The van der Waals surface area contributed by atoms with Gasteiger partial charge in [-0.1, -0.05) is 18.2 Å². The van der Waals surface area contributed by atoms with Gasteiger partial charge in [0.05, 0.1) is 28.4 Å². The van der Waals surface area contributed by atoms with E-state index in [4.69, 9.17) is 46.0 Å². The molecule has 0 unspecified atom stereocenters. The van der Waals surface area contributed by atoms with Crippen molar-refractivity contribution in [3.8, 4) is 28.7 Å². The first kappa shape index (κ1) is 21.3. The molecule has 146 valence electrons. The van der Waals surface area contributed by atoms with Crippen LogP contribution in [0.4, 0.5) is 0 Å². The maximum atomic E-state index is 11.5. The zero-order chi connectivity index (χ0) is 20.0. The summed E-state index contributed by atoms with van der Waals surface area (Å²) in [5, 5.41) is 0. The van der Waals surface area contributed by atoms with Gasteiger partial charge < -0.3 is 23.5 Å². The molecule has 0 saturated carbocycles. The van der Waals surface area contributed by atoms with Gasteiger partial charge in [0.15, 0.2) is 23.0 Å². The van der Waals surface area contributed by atoms with E-state index in [2.05, 4.69) is 0 Å². The van der Waals surface area contributed by atoms with Crippen molar-refractivity contribution in [3.63, 3.8) is 0 Å². The summed E-state index contributed by atoms with van der Waals surface area (Å²) in [4.78, 5) is 0. The minimum Gasteiger partial charge on any atom is -0.493 e. The number of methoxy groups -OCH3 is 4. The number of hydrogen-bond donors (Lipinski definition) is 0. The number of halogens is 2. The van der Waals surface area contributed by atoms with Crippen molar-refractivity contribution in [1.29, 1.82) is 0 Å². The Labute approximate surface area is 167 Å². The average molecular weight is 433 g/mol. The molecule has 0 aliphatic carbocycles. The van der Waals surface area contributed by atoms with Crippen molar-refractivity contribution in [2.75, 3.05) is 28.4 Å². The molecule has 9 heteroatoms. The quantitative estimate of drug-likeness (QED) is 0.384. The molecule has 0 atom stereocenters. The van der Waals surface area contributed by atoms with Crippen molar-refractivity contribution < 1.29 is 28.0 Å². The van der Waals surface area contributed by atoms with Crippen LogP contribution in [0.25, 0.3) is 12.2 Å². The van der Waals surface area contributed by atoms with Crippen LogP contribution in [0, 0.1) is 0 Å². The molecule has 2 rings (SSSR count). The van der Waals surface area contributed by atoms with E-state index in [0.29, 0.717) is 23.0 Å². The minimum absolute atomic E-state index is 0.179. The molecule has 0 radical (unpaired) electrons. The van der Waals surface area contributed by atoms with Crippen LogP contribution in [0.5, 0.6) is 28.7 Å². The third kappa shape index (κ3) is 5.73.